The van der Waals surface area contributed by atoms with E-state index in [-0.39, 0.29) is 18.1 Å². The summed E-state index contributed by atoms with van der Waals surface area (Å²) in [5.41, 5.74) is 3.37. The maximum Gasteiger partial charge on any atom is 0.338 e. The van der Waals surface area contributed by atoms with Crippen LogP contribution in [0.1, 0.15) is 35.2 Å². The number of nitrogens with one attached hydrogen (secondary N) is 1. The van der Waals surface area contributed by atoms with Crippen LogP contribution < -0.4 is 19.7 Å². The van der Waals surface area contributed by atoms with E-state index in [9.17, 15) is 4.79 Å². The number of esters is 1. The molecule has 0 amide bonds. The lowest BCUT2D eigenvalue weighted by Crippen LogP contribution is -2.41. The van der Waals surface area contributed by atoms with Crippen molar-refractivity contribution in [1.82, 2.24) is 0 Å². The minimum atomic E-state index is -0.343. The van der Waals surface area contributed by atoms with Gasteiger partial charge in [-0.05, 0) is 78.3 Å². The molecule has 4 aromatic rings. The highest BCUT2D eigenvalue weighted by Gasteiger charge is 2.42. The molecule has 1 aliphatic rings. The Bertz CT molecular complexity index is 1360. The van der Waals surface area contributed by atoms with Crippen molar-refractivity contribution in [2.75, 3.05) is 31.0 Å². The molecule has 8 heteroatoms. The quantitative estimate of drug-likeness (QED) is 0.220. The predicted molar refractivity (Wildman–Crippen MR) is 154 cm³/mol. The van der Waals surface area contributed by atoms with E-state index in [0.717, 1.165) is 33.4 Å². The van der Waals surface area contributed by atoms with Crippen LogP contribution in [0.4, 0.5) is 11.4 Å². The Morgan fingerprint density at radius 3 is 2.05 bits per heavy atom. The molecule has 0 aliphatic carbocycles. The molecule has 0 saturated carbocycles. The van der Waals surface area contributed by atoms with E-state index in [1.807, 2.05) is 49.4 Å². The second-order valence-electron chi connectivity index (χ2n) is 8.72. The van der Waals surface area contributed by atoms with E-state index in [1.165, 1.54) is 4.88 Å². The number of hydrogen-bond acceptors (Lipinski definition) is 8. The van der Waals surface area contributed by atoms with Crippen LogP contribution >= 0.6 is 22.7 Å². The van der Waals surface area contributed by atoms with Crippen molar-refractivity contribution in [3.8, 4) is 11.5 Å². The highest BCUT2D eigenvalue weighted by molar-refractivity contribution is 7.10. The Balaban J connectivity index is 1.70. The van der Waals surface area contributed by atoms with E-state index >= 15 is 0 Å². The molecule has 6 nitrogen and oxygen atoms in total. The summed E-state index contributed by atoms with van der Waals surface area (Å²) in [5.74, 6) is 1.25. The van der Waals surface area contributed by atoms with Crippen molar-refractivity contribution >= 4 is 40.0 Å². The average Bonchev–Trinajstić information content (AvgIpc) is 3.68. The normalized spacial score (nSPS) is 17.3. The van der Waals surface area contributed by atoms with Crippen molar-refractivity contribution in [2.45, 2.75) is 25.4 Å². The third-order valence-electron chi connectivity index (χ3n) is 6.55. The number of carbonyl (C=O) groups excluding carboxylic acids is 1. The van der Waals surface area contributed by atoms with E-state index < -0.39 is 0 Å². The minimum Gasteiger partial charge on any atom is -0.497 e. The summed E-state index contributed by atoms with van der Waals surface area (Å²) in [6.45, 7) is 2.14. The van der Waals surface area contributed by atoms with E-state index in [1.54, 1.807) is 36.9 Å². The second-order valence-corrected chi connectivity index (χ2v) is 10.7. The monoisotopic (exact) mass is 546 g/mol. The van der Waals surface area contributed by atoms with E-state index in [4.69, 9.17) is 14.2 Å². The third kappa shape index (κ3) is 5.28. The van der Waals surface area contributed by atoms with Crippen LogP contribution in [0.3, 0.4) is 0 Å². The molecular weight excluding hydrogens is 516 g/mol. The van der Waals surface area contributed by atoms with Gasteiger partial charge in [-0.25, -0.2) is 4.79 Å². The largest absolute Gasteiger partial charge is 0.497 e. The predicted octanol–water partition coefficient (Wildman–Crippen LogP) is 7.45. The molecule has 1 N–H and O–H groups in total. The average molecular weight is 547 g/mol. The number of nitrogens with zero attached hydrogens (tertiary/aromatic N) is 1. The van der Waals surface area contributed by atoms with Gasteiger partial charge in [0, 0.05) is 33.2 Å². The first-order valence-corrected chi connectivity index (χ1v) is 14.2. The van der Waals surface area contributed by atoms with Gasteiger partial charge in [0.1, 0.15) is 11.5 Å². The van der Waals surface area contributed by atoms with Crippen molar-refractivity contribution < 1.29 is 19.0 Å². The molecule has 2 aromatic carbocycles. The molecular formula is C30H30N2O4S2. The molecule has 0 bridgehead atoms. The number of benzene rings is 2. The van der Waals surface area contributed by atoms with Gasteiger partial charge in [0.2, 0.25) is 0 Å². The van der Waals surface area contributed by atoms with Gasteiger partial charge in [-0.2, -0.15) is 0 Å². The number of hydrogen-bond donors (Lipinski definition) is 1. The van der Waals surface area contributed by atoms with Crippen molar-refractivity contribution in [2.24, 2.45) is 0 Å². The minimum absolute atomic E-state index is 0.00517. The maximum absolute atomic E-state index is 13.7. The molecule has 196 valence electrons. The van der Waals surface area contributed by atoms with E-state index in [0.29, 0.717) is 18.6 Å². The zero-order chi connectivity index (χ0) is 26.5. The Morgan fingerprint density at radius 2 is 1.50 bits per heavy atom. The van der Waals surface area contributed by atoms with Crippen LogP contribution in [0.5, 0.6) is 11.5 Å². The SMILES string of the molecule is CCOC(=O)C1=C(Nc2ccc(OC)cc2)CC(c2cccs2)N(c2ccc(OC)cc2)C1c1cccs1. The van der Waals surface area contributed by atoms with Gasteiger partial charge >= 0.3 is 5.97 Å². The molecule has 0 radical (unpaired) electrons. The molecule has 0 spiro atoms. The number of ether oxygens (including phenoxy) is 3. The van der Waals surface area contributed by atoms with Gasteiger partial charge in [-0.1, -0.05) is 12.1 Å². The van der Waals surface area contributed by atoms with Crippen LogP contribution in [-0.4, -0.2) is 26.8 Å². The van der Waals surface area contributed by atoms with Gasteiger partial charge in [-0.15, -0.1) is 22.7 Å². The highest BCUT2D eigenvalue weighted by atomic mass is 32.1. The number of rotatable bonds is 9. The van der Waals surface area contributed by atoms with Crippen molar-refractivity contribution in [3.63, 3.8) is 0 Å². The molecule has 5 rings (SSSR count). The third-order valence-corrected chi connectivity index (χ3v) is 8.44. The maximum atomic E-state index is 13.7. The lowest BCUT2D eigenvalue weighted by Gasteiger charge is -2.44. The summed E-state index contributed by atoms with van der Waals surface area (Å²) in [6.07, 6.45) is 0.606. The Hall–Kier alpha value is -3.75. The first kappa shape index (κ1) is 25.9. The van der Waals surface area contributed by atoms with Crippen LogP contribution in [0.25, 0.3) is 0 Å². The summed E-state index contributed by atoms with van der Waals surface area (Å²) in [7, 11) is 3.31. The topological polar surface area (TPSA) is 60.0 Å². The molecule has 3 heterocycles. The van der Waals surface area contributed by atoms with Crippen molar-refractivity contribution in [3.05, 3.63) is 105 Å². The summed E-state index contributed by atoms with van der Waals surface area (Å²) in [6, 6.07) is 23.8. The molecule has 1 aliphatic heterocycles. The van der Waals surface area contributed by atoms with Crippen LogP contribution in [0, 0.1) is 0 Å². The number of methoxy groups -OCH3 is 2. The first-order valence-electron chi connectivity index (χ1n) is 12.4. The number of carbonyl (C=O) groups is 1. The molecule has 0 fully saturated rings. The standard InChI is InChI=1S/C30H30N2O4S2/c1-4-36-30(33)28-24(31-20-9-13-22(34-2)14-10-20)19-25(26-7-5-17-37-26)32(29(28)27-8-6-18-38-27)21-11-15-23(35-3)16-12-21/h5-18,25,29,31H,4,19H2,1-3H3. The molecule has 2 atom stereocenters. The highest BCUT2D eigenvalue weighted by Crippen LogP contribution is 2.50. The zero-order valence-electron chi connectivity index (χ0n) is 21.5. The lowest BCUT2D eigenvalue weighted by atomic mass is 9.88. The van der Waals surface area contributed by atoms with Gasteiger partial charge in [0.15, 0.2) is 0 Å². The first-order chi connectivity index (χ1) is 18.6. The van der Waals surface area contributed by atoms with E-state index in [2.05, 4.69) is 51.3 Å². The van der Waals surface area contributed by atoms with Crippen LogP contribution in [-0.2, 0) is 9.53 Å². The van der Waals surface area contributed by atoms with Gasteiger partial charge in [0.05, 0.1) is 38.5 Å². The Kier molecular flexibility index (Phi) is 8.00. The Labute approximate surface area is 231 Å². The van der Waals surface area contributed by atoms with Crippen LogP contribution in [0.2, 0.25) is 0 Å². The summed E-state index contributed by atoms with van der Waals surface area (Å²) in [5, 5.41) is 7.73. The lowest BCUT2D eigenvalue weighted by molar-refractivity contribution is -0.139. The molecule has 2 aromatic heterocycles. The number of thiophene rings is 2. The summed E-state index contributed by atoms with van der Waals surface area (Å²) in [4.78, 5) is 18.3. The van der Waals surface area contributed by atoms with Crippen LogP contribution in [0.15, 0.2) is 94.8 Å². The van der Waals surface area contributed by atoms with Crippen molar-refractivity contribution in [1.29, 1.82) is 0 Å². The molecule has 38 heavy (non-hydrogen) atoms. The number of anilines is 2. The van der Waals surface area contributed by atoms with Gasteiger partial charge in [-0.3, -0.25) is 0 Å². The Morgan fingerprint density at radius 1 is 0.895 bits per heavy atom. The fourth-order valence-electron chi connectivity index (χ4n) is 4.82. The summed E-state index contributed by atoms with van der Waals surface area (Å²) >= 11 is 3.36. The van der Waals surface area contributed by atoms with Gasteiger partial charge in [0.25, 0.3) is 0 Å². The smallest absolute Gasteiger partial charge is 0.338 e. The summed E-state index contributed by atoms with van der Waals surface area (Å²) < 4.78 is 16.4. The fourth-order valence-corrected chi connectivity index (χ4v) is 6.48. The molecule has 2 unspecified atom stereocenters. The molecule has 0 saturated heterocycles. The van der Waals surface area contributed by atoms with Gasteiger partial charge < -0.3 is 24.4 Å². The fraction of sp³-hybridized carbons (Fsp3) is 0.233. The second kappa shape index (κ2) is 11.8. The zero-order valence-corrected chi connectivity index (χ0v) is 23.2.